The molecule has 0 unspecified atom stereocenters. The van der Waals surface area contributed by atoms with Gasteiger partial charge in [-0.25, -0.2) is 14.8 Å². The first-order chi connectivity index (χ1) is 11.7. The van der Waals surface area contributed by atoms with E-state index < -0.39 is 0 Å². The van der Waals surface area contributed by atoms with Gasteiger partial charge in [-0.1, -0.05) is 6.07 Å². The van der Waals surface area contributed by atoms with Gasteiger partial charge >= 0.3 is 6.03 Å². The van der Waals surface area contributed by atoms with Crippen LogP contribution in [0.1, 0.15) is 18.5 Å². The lowest BCUT2D eigenvalue weighted by Crippen LogP contribution is -2.29. The van der Waals surface area contributed by atoms with Crippen molar-refractivity contribution in [2.45, 2.75) is 24.3 Å². The van der Waals surface area contributed by atoms with Crippen molar-refractivity contribution in [3.8, 4) is 0 Å². The standard InChI is InChI=1S/C17H21N5OS/c1-24-15-6-4-5-13(11-15)21-17(23)19-12-14-7-8-18-16(20-14)22-9-2-3-10-22/h4-8,11H,2-3,9-10,12H2,1H3,(H2,19,21,23). The van der Waals surface area contributed by atoms with E-state index in [9.17, 15) is 4.79 Å². The fourth-order valence-corrected chi connectivity index (χ4v) is 3.06. The van der Waals surface area contributed by atoms with E-state index in [1.165, 1.54) is 12.8 Å². The minimum Gasteiger partial charge on any atom is -0.341 e. The fourth-order valence-electron chi connectivity index (χ4n) is 2.60. The van der Waals surface area contributed by atoms with Crippen LogP contribution < -0.4 is 15.5 Å². The molecule has 1 aliphatic heterocycles. The highest BCUT2D eigenvalue weighted by molar-refractivity contribution is 7.98. The molecule has 0 atom stereocenters. The molecule has 1 aliphatic rings. The summed E-state index contributed by atoms with van der Waals surface area (Å²) in [5.41, 5.74) is 1.58. The van der Waals surface area contributed by atoms with E-state index in [-0.39, 0.29) is 6.03 Å². The van der Waals surface area contributed by atoms with Crippen LogP contribution in [0.2, 0.25) is 0 Å². The zero-order valence-corrected chi connectivity index (χ0v) is 14.5. The number of nitrogens with zero attached hydrogens (tertiary/aromatic N) is 3. The largest absolute Gasteiger partial charge is 0.341 e. The summed E-state index contributed by atoms with van der Waals surface area (Å²) in [6.07, 6.45) is 6.12. The highest BCUT2D eigenvalue weighted by atomic mass is 32.2. The molecule has 6 nitrogen and oxygen atoms in total. The third kappa shape index (κ3) is 4.38. The van der Waals surface area contributed by atoms with E-state index in [0.29, 0.717) is 6.54 Å². The molecular formula is C17H21N5OS. The Balaban J connectivity index is 1.55. The molecule has 3 rings (SSSR count). The molecule has 1 saturated heterocycles. The number of hydrogen-bond acceptors (Lipinski definition) is 5. The van der Waals surface area contributed by atoms with Crippen LogP contribution in [0.3, 0.4) is 0 Å². The maximum Gasteiger partial charge on any atom is 0.319 e. The van der Waals surface area contributed by atoms with Crippen molar-refractivity contribution in [1.82, 2.24) is 15.3 Å². The zero-order valence-electron chi connectivity index (χ0n) is 13.7. The minimum absolute atomic E-state index is 0.241. The average Bonchev–Trinajstić information content (AvgIpc) is 3.15. The average molecular weight is 343 g/mol. The highest BCUT2D eigenvalue weighted by Crippen LogP contribution is 2.19. The first-order valence-electron chi connectivity index (χ1n) is 8.00. The molecule has 0 saturated carbocycles. The molecule has 2 heterocycles. The van der Waals surface area contributed by atoms with Crippen molar-refractivity contribution in [1.29, 1.82) is 0 Å². The number of benzene rings is 1. The Kier molecular flexibility index (Phi) is 5.53. The number of amides is 2. The molecule has 0 bridgehead atoms. The van der Waals surface area contributed by atoms with E-state index in [1.807, 2.05) is 36.6 Å². The number of nitrogens with one attached hydrogen (secondary N) is 2. The number of anilines is 2. The number of carbonyl (C=O) groups is 1. The van der Waals surface area contributed by atoms with Gasteiger partial charge in [-0.2, -0.15) is 0 Å². The Morgan fingerprint density at radius 1 is 1.29 bits per heavy atom. The second-order valence-electron chi connectivity index (χ2n) is 5.58. The third-order valence-electron chi connectivity index (χ3n) is 3.85. The van der Waals surface area contributed by atoms with Gasteiger partial charge in [0.25, 0.3) is 0 Å². The van der Waals surface area contributed by atoms with Gasteiger partial charge in [0, 0.05) is 29.9 Å². The second kappa shape index (κ2) is 8.01. The van der Waals surface area contributed by atoms with Gasteiger partial charge < -0.3 is 15.5 Å². The molecule has 0 spiro atoms. The second-order valence-corrected chi connectivity index (χ2v) is 6.46. The maximum absolute atomic E-state index is 12.0. The van der Waals surface area contributed by atoms with Crippen molar-refractivity contribution in [3.63, 3.8) is 0 Å². The summed E-state index contributed by atoms with van der Waals surface area (Å²) in [7, 11) is 0. The van der Waals surface area contributed by atoms with Gasteiger partial charge in [-0.05, 0) is 43.4 Å². The molecule has 1 fully saturated rings. The van der Waals surface area contributed by atoms with Crippen LogP contribution in [0.25, 0.3) is 0 Å². The fraction of sp³-hybridized carbons (Fsp3) is 0.353. The number of hydrogen-bond donors (Lipinski definition) is 2. The molecule has 2 N–H and O–H groups in total. The molecule has 2 aromatic rings. The maximum atomic E-state index is 12.0. The number of rotatable bonds is 5. The lowest BCUT2D eigenvalue weighted by molar-refractivity contribution is 0.251. The van der Waals surface area contributed by atoms with E-state index >= 15 is 0 Å². The van der Waals surface area contributed by atoms with Crippen molar-refractivity contribution >= 4 is 29.4 Å². The summed E-state index contributed by atoms with van der Waals surface area (Å²) in [6.45, 7) is 2.38. The number of carbonyl (C=O) groups excluding carboxylic acids is 1. The molecule has 1 aromatic heterocycles. The Bertz CT molecular complexity index is 703. The van der Waals surface area contributed by atoms with Gasteiger partial charge in [0.15, 0.2) is 0 Å². The molecule has 24 heavy (non-hydrogen) atoms. The molecule has 7 heteroatoms. The van der Waals surface area contributed by atoms with Gasteiger partial charge in [0.2, 0.25) is 5.95 Å². The normalized spacial score (nSPS) is 13.8. The summed E-state index contributed by atoms with van der Waals surface area (Å²) in [4.78, 5) is 24.2. The third-order valence-corrected chi connectivity index (χ3v) is 4.57. The summed E-state index contributed by atoms with van der Waals surface area (Å²) >= 11 is 1.64. The van der Waals surface area contributed by atoms with E-state index in [0.717, 1.165) is 35.3 Å². The first-order valence-corrected chi connectivity index (χ1v) is 9.23. The van der Waals surface area contributed by atoms with Crippen LogP contribution in [-0.2, 0) is 6.54 Å². The van der Waals surface area contributed by atoms with Crippen LogP contribution in [0.5, 0.6) is 0 Å². The topological polar surface area (TPSA) is 70.2 Å². The van der Waals surface area contributed by atoms with Crippen molar-refractivity contribution in [2.24, 2.45) is 0 Å². The molecule has 126 valence electrons. The molecular weight excluding hydrogens is 322 g/mol. The molecule has 0 radical (unpaired) electrons. The van der Waals surface area contributed by atoms with Crippen LogP contribution in [0.15, 0.2) is 41.4 Å². The lowest BCUT2D eigenvalue weighted by Gasteiger charge is -2.15. The highest BCUT2D eigenvalue weighted by Gasteiger charge is 2.15. The Morgan fingerprint density at radius 2 is 2.12 bits per heavy atom. The summed E-state index contributed by atoms with van der Waals surface area (Å²) < 4.78 is 0. The van der Waals surface area contributed by atoms with Gasteiger partial charge in [-0.3, -0.25) is 0 Å². The van der Waals surface area contributed by atoms with Crippen LogP contribution >= 0.6 is 11.8 Å². The number of thioether (sulfide) groups is 1. The first kappa shape index (κ1) is 16.6. The Morgan fingerprint density at radius 3 is 2.92 bits per heavy atom. The summed E-state index contributed by atoms with van der Waals surface area (Å²) in [5.74, 6) is 0.750. The zero-order chi connectivity index (χ0) is 16.8. The molecule has 2 amide bonds. The van der Waals surface area contributed by atoms with E-state index in [2.05, 4.69) is 25.5 Å². The lowest BCUT2D eigenvalue weighted by atomic mass is 10.3. The Hall–Kier alpha value is -2.28. The predicted molar refractivity (Wildman–Crippen MR) is 97.6 cm³/mol. The summed E-state index contributed by atoms with van der Waals surface area (Å²) in [6, 6.07) is 9.34. The minimum atomic E-state index is -0.241. The quantitative estimate of drug-likeness (QED) is 0.816. The van der Waals surface area contributed by atoms with E-state index in [1.54, 1.807) is 18.0 Å². The van der Waals surface area contributed by atoms with Crippen molar-refractivity contribution in [2.75, 3.05) is 29.6 Å². The Labute approximate surface area is 146 Å². The number of aromatic nitrogens is 2. The molecule has 0 aliphatic carbocycles. The van der Waals surface area contributed by atoms with Gasteiger partial charge in [-0.15, -0.1) is 11.8 Å². The van der Waals surface area contributed by atoms with Crippen LogP contribution in [-0.4, -0.2) is 35.3 Å². The van der Waals surface area contributed by atoms with Gasteiger partial charge in [0.1, 0.15) is 0 Å². The van der Waals surface area contributed by atoms with Gasteiger partial charge in [0.05, 0.1) is 12.2 Å². The van der Waals surface area contributed by atoms with E-state index in [4.69, 9.17) is 0 Å². The van der Waals surface area contributed by atoms with Crippen molar-refractivity contribution < 1.29 is 4.79 Å². The SMILES string of the molecule is CSc1cccc(NC(=O)NCc2ccnc(N3CCCC3)n2)c1. The van der Waals surface area contributed by atoms with Crippen LogP contribution in [0, 0.1) is 0 Å². The number of urea groups is 1. The molecule has 1 aromatic carbocycles. The monoisotopic (exact) mass is 343 g/mol. The summed E-state index contributed by atoms with van der Waals surface area (Å²) in [5, 5.41) is 5.68. The van der Waals surface area contributed by atoms with Crippen molar-refractivity contribution in [3.05, 3.63) is 42.2 Å². The van der Waals surface area contributed by atoms with Crippen LogP contribution in [0.4, 0.5) is 16.4 Å². The predicted octanol–water partition coefficient (Wildman–Crippen LogP) is 3.12. The smallest absolute Gasteiger partial charge is 0.319 e.